The first-order valence-corrected chi connectivity index (χ1v) is 9.94. The quantitative estimate of drug-likeness (QED) is 0.204. The summed E-state index contributed by atoms with van der Waals surface area (Å²) in [6, 6.07) is 7.37. The Hall–Kier alpha value is -1.35. The summed E-state index contributed by atoms with van der Waals surface area (Å²) in [5.41, 5.74) is 1.47. The molecule has 1 aromatic carbocycles. The second-order valence-electron chi connectivity index (χ2n) is 6.75. The zero-order valence-electron chi connectivity index (χ0n) is 15.9. The van der Waals surface area contributed by atoms with Crippen molar-refractivity contribution in [2.24, 2.45) is 0 Å². The second-order valence-corrected chi connectivity index (χ2v) is 6.75. The van der Waals surface area contributed by atoms with Gasteiger partial charge in [-0.25, -0.2) is 4.79 Å². The van der Waals surface area contributed by atoms with Crippen LogP contribution in [0.3, 0.4) is 0 Å². The maximum atomic E-state index is 11.8. The standard InChI is InChI=1S/C22H35O3/c1-3-4-5-6-7-8-9-10-11-12-13-16-19-24-25-22(23)21-18-15-14-17-20(21)2/h14-15,17-18H,1,3-13,16,19H2,2H3. The molecule has 0 aromatic heterocycles. The van der Waals surface area contributed by atoms with Crippen LogP contribution in [0, 0.1) is 13.8 Å². The Bertz CT molecular complexity index is 456. The lowest BCUT2D eigenvalue weighted by atomic mass is 10.1. The number of unbranched alkanes of at least 4 members (excludes halogenated alkanes) is 11. The van der Waals surface area contributed by atoms with E-state index in [1.165, 1.54) is 57.8 Å². The van der Waals surface area contributed by atoms with E-state index >= 15 is 0 Å². The molecule has 25 heavy (non-hydrogen) atoms. The molecule has 1 rings (SSSR count). The van der Waals surface area contributed by atoms with Gasteiger partial charge in [0, 0.05) is 0 Å². The molecule has 0 N–H and O–H groups in total. The van der Waals surface area contributed by atoms with Gasteiger partial charge in [-0.3, -0.25) is 4.89 Å². The predicted octanol–water partition coefficient (Wildman–Crippen LogP) is 6.60. The SMILES string of the molecule is [CH2]CCCCCCCCCCCCCOOC(=O)c1ccccc1C. The van der Waals surface area contributed by atoms with Crippen LogP contribution < -0.4 is 0 Å². The lowest BCUT2D eigenvalue weighted by molar-refractivity contribution is -0.241. The lowest BCUT2D eigenvalue weighted by Crippen LogP contribution is -2.08. The van der Waals surface area contributed by atoms with Crippen molar-refractivity contribution in [3.05, 3.63) is 42.3 Å². The third-order valence-corrected chi connectivity index (χ3v) is 4.48. The fourth-order valence-electron chi connectivity index (χ4n) is 2.87. The van der Waals surface area contributed by atoms with E-state index in [1.54, 1.807) is 6.07 Å². The van der Waals surface area contributed by atoms with E-state index in [0.29, 0.717) is 12.2 Å². The Balaban J connectivity index is 1.86. The van der Waals surface area contributed by atoms with Crippen LogP contribution >= 0.6 is 0 Å². The summed E-state index contributed by atoms with van der Waals surface area (Å²) in [5.74, 6) is -0.409. The number of hydrogen-bond acceptors (Lipinski definition) is 3. The van der Waals surface area contributed by atoms with Crippen LogP contribution in [0.25, 0.3) is 0 Å². The van der Waals surface area contributed by atoms with Gasteiger partial charge in [-0.1, -0.05) is 95.8 Å². The van der Waals surface area contributed by atoms with Gasteiger partial charge in [-0.2, -0.15) is 4.89 Å². The normalized spacial score (nSPS) is 10.8. The molecule has 1 aromatic rings. The minimum atomic E-state index is -0.409. The molecule has 1 radical (unpaired) electrons. The molecule has 0 spiro atoms. The van der Waals surface area contributed by atoms with Gasteiger partial charge in [-0.05, 0) is 25.0 Å². The fourth-order valence-corrected chi connectivity index (χ4v) is 2.87. The summed E-state index contributed by atoms with van der Waals surface area (Å²) in [6.07, 6.45) is 15.1. The van der Waals surface area contributed by atoms with Crippen LogP contribution in [-0.4, -0.2) is 12.6 Å². The molecular weight excluding hydrogens is 312 g/mol. The number of carbonyl (C=O) groups excluding carboxylic acids is 1. The minimum absolute atomic E-state index is 0.409. The Morgan fingerprint density at radius 1 is 0.840 bits per heavy atom. The maximum Gasteiger partial charge on any atom is 0.373 e. The van der Waals surface area contributed by atoms with E-state index in [2.05, 4.69) is 6.92 Å². The molecule has 0 aliphatic heterocycles. The van der Waals surface area contributed by atoms with Crippen molar-refractivity contribution in [3.8, 4) is 0 Å². The summed E-state index contributed by atoms with van der Waals surface area (Å²) < 4.78 is 0. The molecule has 0 atom stereocenters. The largest absolute Gasteiger partial charge is 0.373 e. The molecule has 0 aliphatic rings. The molecule has 0 fully saturated rings. The van der Waals surface area contributed by atoms with Crippen molar-refractivity contribution in [1.29, 1.82) is 0 Å². The van der Waals surface area contributed by atoms with Crippen molar-refractivity contribution < 1.29 is 14.6 Å². The van der Waals surface area contributed by atoms with E-state index in [4.69, 9.17) is 9.78 Å². The van der Waals surface area contributed by atoms with Crippen molar-refractivity contribution in [2.45, 2.75) is 84.0 Å². The minimum Gasteiger partial charge on any atom is -0.293 e. The second kappa shape index (κ2) is 14.9. The maximum absolute atomic E-state index is 11.8. The fraction of sp³-hybridized carbons (Fsp3) is 0.636. The molecule has 3 heteroatoms. The molecule has 3 nitrogen and oxygen atoms in total. The zero-order chi connectivity index (χ0) is 18.2. The monoisotopic (exact) mass is 347 g/mol. The summed E-state index contributed by atoms with van der Waals surface area (Å²) in [6.45, 7) is 6.24. The van der Waals surface area contributed by atoms with Gasteiger partial charge in [0.2, 0.25) is 0 Å². The molecular formula is C22H35O3. The number of hydrogen-bond donors (Lipinski definition) is 0. The average molecular weight is 348 g/mol. The van der Waals surface area contributed by atoms with Crippen LogP contribution in [0.15, 0.2) is 24.3 Å². The molecule has 0 heterocycles. The van der Waals surface area contributed by atoms with Crippen LogP contribution in [0.4, 0.5) is 0 Å². The molecule has 0 saturated heterocycles. The van der Waals surface area contributed by atoms with E-state index in [1.807, 2.05) is 25.1 Å². The van der Waals surface area contributed by atoms with Gasteiger partial charge in [0.25, 0.3) is 0 Å². The molecule has 0 bridgehead atoms. The summed E-state index contributed by atoms with van der Waals surface area (Å²) in [5, 5.41) is 0. The smallest absolute Gasteiger partial charge is 0.293 e. The Kier molecular flexibility index (Phi) is 13.0. The highest BCUT2D eigenvalue weighted by molar-refractivity contribution is 5.90. The van der Waals surface area contributed by atoms with Crippen molar-refractivity contribution in [2.75, 3.05) is 6.61 Å². The van der Waals surface area contributed by atoms with Gasteiger partial charge in [0.05, 0.1) is 12.2 Å². The van der Waals surface area contributed by atoms with E-state index in [0.717, 1.165) is 24.8 Å². The van der Waals surface area contributed by atoms with Gasteiger partial charge in [0.1, 0.15) is 0 Å². The highest BCUT2D eigenvalue weighted by atomic mass is 17.2. The summed E-state index contributed by atoms with van der Waals surface area (Å²) in [4.78, 5) is 21.7. The van der Waals surface area contributed by atoms with Crippen molar-refractivity contribution >= 4 is 5.97 Å². The molecule has 0 saturated carbocycles. The number of benzene rings is 1. The zero-order valence-corrected chi connectivity index (χ0v) is 15.9. The first-order valence-electron chi connectivity index (χ1n) is 9.94. The molecule has 0 amide bonds. The van der Waals surface area contributed by atoms with Crippen LogP contribution in [0.1, 0.15) is 93.0 Å². The van der Waals surface area contributed by atoms with Crippen LogP contribution in [0.2, 0.25) is 0 Å². The molecule has 141 valence electrons. The number of aryl methyl sites for hydroxylation is 1. The van der Waals surface area contributed by atoms with Gasteiger partial charge >= 0.3 is 5.97 Å². The number of carbonyl (C=O) groups is 1. The Morgan fingerprint density at radius 3 is 1.92 bits per heavy atom. The predicted molar refractivity (Wildman–Crippen MR) is 103 cm³/mol. The summed E-state index contributed by atoms with van der Waals surface area (Å²) in [7, 11) is 0. The van der Waals surface area contributed by atoms with Crippen LogP contribution in [-0.2, 0) is 9.78 Å². The van der Waals surface area contributed by atoms with E-state index in [-0.39, 0.29) is 0 Å². The highest BCUT2D eigenvalue weighted by Gasteiger charge is 2.10. The Morgan fingerprint density at radius 2 is 1.36 bits per heavy atom. The first kappa shape index (κ1) is 21.7. The third-order valence-electron chi connectivity index (χ3n) is 4.48. The molecule has 0 unspecified atom stereocenters. The van der Waals surface area contributed by atoms with Crippen LogP contribution in [0.5, 0.6) is 0 Å². The summed E-state index contributed by atoms with van der Waals surface area (Å²) >= 11 is 0. The Labute approximate surface area is 154 Å². The van der Waals surface area contributed by atoms with Crippen molar-refractivity contribution in [1.82, 2.24) is 0 Å². The van der Waals surface area contributed by atoms with Gasteiger partial charge < -0.3 is 0 Å². The first-order chi connectivity index (χ1) is 12.3. The van der Waals surface area contributed by atoms with Gasteiger partial charge in [-0.15, -0.1) is 0 Å². The van der Waals surface area contributed by atoms with E-state index in [9.17, 15) is 4.79 Å². The molecule has 0 aliphatic carbocycles. The van der Waals surface area contributed by atoms with E-state index < -0.39 is 5.97 Å². The highest BCUT2D eigenvalue weighted by Crippen LogP contribution is 2.12. The average Bonchev–Trinajstić information content (AvgIpc) is 2.62. The third kappa shape index (κ3) is 11.0. The van der Waals surface area contributed by atoms with Crippen molar-refractivity contribution in [3.63, 3.8) is 0 Å². The van der Waals surface area contributed by atoms with Gasteiger partial charge in [0.15, 0.2) is 0 Å². The topological polar surface area (TPSA) is 35.5 Å². The lowest BCUT2D eigenvalue weighted by Gasteiger charge is -2.06. The number of rotatable bonds is 15.